The molecule has 0 aromatic heterocycles. The van der Waals surface area contributed by atoms with Crippen molar-refractivity contribution in [2.45, 2.75) is 19.9 Å². The van der Waals surface area contributed by atoms with Crippen LogP contribution in [-0.4, -0.2) is 22.5 Å². The van der Waals surface area contributed by atoms with Crippen LogP contribution in [0.5, 0.6) is 0 Å². The van der Waals surface area contributed by atoms with E-state index in [0.717, 1.165) is 0 Å². The molecule has 3 rings (SSSR count). The van der Waals surface area contributed by atoms with Gasteiger partial charge in [-0.2, -0.15) is 0 Å². The maximum atomic E-state index is 12.8. The van der Waals surface area contributed by atoms with Gasteiger partial charge in [-0.3, -0.25) is 19.7 Å². The molecule has 0 fully saturated rings. The first-order valence-electron chi connectivity index (χ1n) is 7.17. The molecule has 0 saturated carbocycles. The van der Waals surface area contributed by atoms with E-state index in [2.05, 4.69) is 5.32 Å². The lowest BCUT2D eigenvalue weighted by Gasteiger charge is -2.21. The van der Waals surface area contributed by atoms with Gasteiger partial charge in [0.1, 0.15) is 0 Å². The fourth-order valence-corrected chi connectivity index (χ4v) is 2.73. The minimum atomic E-state index is -0.578. The number of ketones is 2. The van der Waals surface area contributed by atoms with Gasteiger partial charge in [0.05, 0.1) is 10.5 Å². The van der Waals surface area contributed by atoms with Gasteiger partial charge in [-0.25, -0.2) is 0 Å². The molecular formula is C17H14N2O4. The van der Waals surface area contributed by atoms with Crippen molar-refractivity contribution >= 4 is 22.9 Å². The van der Waals surface area contributed by atoms with Gasteiger partial charge in [-0.15, -0.1) is 0 Å². The summed E-state index contributed by atoms with van der Waals surface area (Å²) in [6, 6.07) is 8.88. The standard InChI is InChI=1S/C17H14N2O4/c1-9(2)18-14-5-3-4-12-15(14)17(21)13-8-10(19(22)23)6-7-11(13)16(12)20/h3-9,18H,1-2H3. The van der Waals surface area contributed by atoms with Crippen LogP contribution in [0.25, 0.3) is 0 Å². The number of hydrogen-bond acceptors (Lipinski definition) is 5. The lowest BCUT2D eigenvalue weighted by Crippen LogP contribution is -2.24. The summed E-state index contributed by atoms with van der Waals surface area (Å²) >= 11 is 0. The Morgan fingerprint density at radius 1 is 1.00 bits per heavy atom. The second kappa shape index (κ2) is 5.31. The summed E-state index contributed by atoms with van der Waals surface area (Å²) in [4.78, 5) is 35.8. The summed E-state index contributed by atoms with van der Waals surface area (Å²) in [5, 5.41) is 14.1. The lowest BCUT2D eigenvalue weighted by atomic mass is 9.83. The van der Waals surface area contributed by atoms with Gasteiger partial charge in [0, 0.05) is 40.6 Å². The third kappa shape index (κ3) is 2.38. The lowest BCUT2D eigenvalue weighted by molar-refractivity contribution is -0.384. The number of rotatable bonds is 3. The summed E-state index contributed by atoms with van der Waals surface area (Å²) in [6.07, 6.45) is 0. The van der Waals surface area contributed by atoms with E-state index in [9.17, 15) is 19.7 Å². The molecule has 6 nitrogen and oxygen atoms in total. The zero-order chi connectivity index (χ0) is 16.7. The highest BCUT2D eigenvalue weighted by Crippen LogP contribution is 2.33. The molecule has 0 radical (unpaired) electrons. The van der Waals surface area contributed by atoms with Crippen LogP contribution in [0.4, 0.5) is 11.4 Å². The molecule has 1 aliphatic rings. The first-order chi connectivity index (χ1) is 10.9. The number of fused-ring (bicyclic) bond motifs is 2. The smallest absolute Gasteiger partial charge is 0.270 e. The molecule has 23 heavy (non-hydrogen) atoms. The number of nitrogens with zero attached hydrogens (tertiary/aromatic N) is 1. The summed E-state index contributed by atoms with van der Waals surface area (Å²) in [5.41, 5.74) is 1.24. The van der Waals surface area contributed by atoms with E-state index >= 15 is 0 Å². The maximum Gasteiger partial charge on any atom is 0.270 e. The fraction of sp³-hybridized carbons (Fsp3) is 0.176. The topological polar surface area (TPSA) is 89.3 Å². The number of carbonyl (C=O) groups is 2. The molecule has 6 heteroatoms. The first-order valence-corrected chi connectivity index (χ1v) is 7.17. The normalized spacial score (nSPS) is 12.8. The molecule has 0 heterocycles. The van der Waals surface area contributed by atoms with Gasteiger partial charge in [-0.05, 0) is 26.0 Å². The number of nitrogens with one attached hydrogen (secondary N) is 1. The Labute approximate surface area is 132 Å². The van der Waals surface area contributed by atoms with Crippen molar-refractivity contribution in [2.24, 2.45) is 0 Å². The second-order valence-corrected chi connectivity index (χ2v) is 5.67. The van der Waals surface area contributed by atoms with E-state index in [4.69, 9.17) is 0 Å². The number of nitro groups is 1. The van der Waals surface area contributed by atoms with E-state index in [-0.39, 0.29) is 40.0 Å². The van der Waals surface area contributed by atoms with Crippen LogP contribution in [0, 0.1) is 10.1 Å². The molecule has 116 valence electrons. The second-order valence-electron chi connectivity index (χ2n) is 5.67. The van der Waals surface area contributed by atoms with Crippen molar-refractivity contribution in [3.05, 3.63) is 68.8 Å². The summed E-state index contributed by atoms with van der Waals surface area (Å²) < 4.78 is 0. The van der Waals surface area contributed by atoms with Crippen LogP contribution in [0.3, 0.4) is 0 Å². The van der Waals surface area contributed by atoms with E-state index in [1.54, 1.807) is 18.2 Å². The molecule has 2 aromatic rings. The van der Waals surface area contributed by atoms with Crippen molar-refractivity contribution in [3.63, 3.8) is 0 Å². The van der Waals surface area contributed by atoms with Crippen LogP contribution < -0.4 is 5.32 Å². The molecule has 0 unspecified atom stereocenters. The van der Waals surface area contributed by atoms with Crippen LogP contribution in [0.2, 0.25) is 0 Å². The van der Waals surface area contributed by atoms with Crippen LogP contribution in [-0.2, 0) is 0 Å². The third-order valence-corrected chi connectivity index (χ3v) is 3.68. The predicted octanol–water partition coefficient (Wildman–Crippen LogP) is 3.19. The predicted molar refractivity (Wildman–Crippen MR) is 85.2 cm³/mol. The van der Waals surface area contributed by atoms with Crippen molar-refractivity contribution in [1.82, 2.24) is 0 Å². The Balaban J connectivity index is 2.22. The maximum absolute atomic E-state index is 12.8. The molecular weight excluding hydrogens is 296 g/mol. The molecule has 0 saturated heterocycles. The summed E-state index contributed by atoms with van der Waals surface area (Å²) in [5.74, 6) is -0.668. The molecule has 0 spiro atoms. The van der Waals surface area contributed by atoms with Crippen molar-refractivity contribution in [1.29, 1.82) is 0 Å². The van der Waals surface area contributed by atoms with Gasteiger partial charge >= 0.3 is 0 Å². The Bertz CT molecular complexity index is 856. The van der Waals surface area contributed by atoms with Crippen molar-refractivity contribution in [3.8, 4) is 0 Å². The Morgan fingerprint density at radius 3 is 2.39 bits per heavy atom. The SMILES string of the molecule is CC(C)Nc1cccc2c1C(=O)c1cc([N+](=O)[O-])ccc1C2=O. The number of benzene rings is 2. The van der Waals surface area contributed by atoms with Gasteiger partial charge in [0.15, 0.2) is 11.6 Å². The zero-order valence-electron chi connectivity index (χ0n) is 12.6. The molecule has 1 N–H and O–H groups in total. The fourth-order valence-electron chi connectivity index (χ4n) is 2.73. The third-order valence-electron chi connectivity index (χ3n) is 3.68. The highest BCUT2D eigenvalue weighted by atomic mass is 16.6. The molecule has 0 aliphatic heterocycles. The molecule has 1 aliphatic carbocycles. The Hall–Kier alpha value is -3.02. The number of non-ortho nitro benzene ring substituents is 1. The quantitative estimate of drug-likeness (QED) is 0.592. The van der Waals surface area contributed by atoms with E-state index < -0.39 is 4.92 Å². The minimum Gasteiger partial charge on any atom is -0.382 e. The van der Waals surface area contributed by atoms with Gasteiger partial charge in [0.2, 0.25) is 0 Å². The first kappa shape index (κ1) is 14.9. The summed E-state index contributed by atoms with van der Waals surface area (Å²) in [6.45, 7) is 3.85. The van der Waals surface area contributed by atoms with Crippen LogP contribution in [0.15, 0.2) is 36.4 Å². The largest absolute Gasteiger partial charge is 0.382 e. The van der Waals surface area contributed by atoms with E-state index in [0.29, 0.717) is 11.3 Å². The van der Waals surface area contributed by atoms with E-state index in [1.807, 2.05) is 13.8 Å². The highest BCUT2D eigenvalue weighted by Gasteiger charge is 2.33. The number of anilines is 1. The van der Waals surface area contributed by atoms with Gasteiger partial charge in [-0.1, -0.05) is 12.1 Å². The minimum absolute atomic E-state index is 0.0784. The monoisotopic (exact) mass is 310 g/mol. The van der Waals surface area contributed by atoms with Crippen LogP contribution >= 0.6 is 0 Å². The highest BCUT2D eigenvalue weighted by molar-refractivity contribution is 6.30. The molecule has 2 aromatic carbocycles. The Morgan fingerprint density at radius 2 is 1.74 bits per heavy atom. The van der Waals surface area contributed by atoms with Gasteiger partial charge in [0.25, 0.3) is 5.69 Å². The van der Waals surface area contributed by atoms with Crippen LogP contribution in [0.1, 0.15) is 45.7 Å². The van der Waals surface area contributed by atoms with Gasteiger partial charge < -0.3 is 5.32 Å². The summed E-state index contributed by atoms with van der Waals surface area (Å²) in [7, 11) is 0. The number of hydrogen-bond donors (Lipinski definition) is 1. The van der Waals surface area contributed by atoms with E-state index in [1.165, 1.54) is 18.2 Å². The molecule has 0 bridgehead atoms. The molecule has 0 atom stereocenters. The average molecular weight is 310 g/mol. The number of carbonyl (C=O) groups excluding carboxylic acids is 2. The molecule has 0 amide bonds. The van der Waals surface area contributed by atoms with Crippen molar-refractivity contribution in [2.75, 3.05) is 5.32 Å². The number of nitro benzene ring substituents is 1. The zero-order valence-corrected chi connectivity index (χ0v) is 12.6. The van der Waals surface area contributed by atoms with Crippen molar-refractivity contribution < 1.29 is 14.5 Å². The average Bonchev–Trinajstić information content (AvgIpc) is 2.51. The Kier molecular flexibility index (Phi) is 3.44.